The van der Waals surface area contributed by atoms with Gasteiger partial charge in [0.1, 0.15) is 35.1 Å². The zero-order valence-corrected chi connectivity index (χ0v) is 20.8. The van der Waals surface area contributed by atoms with E-state index in [4.69, 9.17) is 38.1 Å². The van der Waals surface area contributed by atoms with E-state index in [9.17, 15) is 0 Å². The second-order valence-corrected chi connectivity index (χ2v) is 9.00. The van der Waals surface area contributed by atoms with E-state index in [1.807, 2.05) is 37.4 Å². The average Bonchev–Trinajstić information content (AvgIpc) is 3.45. The number of hydrogen-bond acceptors (Lipinski definition) is 9. The van der Waals surface area contributed by atoms with Crippen molar-refractivity contribution in [2.45, 2.75) is 6.61 Å². The molecule has 0 unspecified atom stereocenters. The van der Waals surface area contributed by atoms with Crippen molar-refractivity contribution in [3.05, 3.63) is 76.8 Å². The summed E-state index contributed by atoms with van der Waals surface area (Å²) >= 11 is 12.1. The number of halogens is 2. The van der Waals surface area contributed by atoms with Crippen molar-refractivity contribution in [1.82, 2.24) is 29.7 Å². The number of ether oxygens (including phenoxy) is 1. The molecule has 0 aliphatic carbocycles. The van der Waals surface area contributed by atoms with Crippen LogP contribution >= 0.6 is 23.2 Å². The summed E-state index contributed by atoms with van der Waals surface area (Å²) in [5.74, 6) is 0.848. The molecule has 6 rings (SSSR count). The molecule has 12 heteroatoms. The lowest BCUT2D eigenvalue weighted by Crippen LogP contribution is -1.96. The lowest BCUT2D eigenvalue weighted by atomic mass is 10.1. The van der Waals surface area contributed by atoms with Crippen LogP contribution in [-0.4, -0.2) is 29.7 Å². The SMILES string of the molecule is Cn1nc(-c2ccc(Nc3nc4cc(Cl)cc(OCc5ccc(Cl)nc5)c4o3)cc2)c2c(N)ncnc21. The maximum atomic E-state index is 6.29. The number of aryl methyl sites for hydroxylation is 1. The molecule has 0 fully saturated rings. The van der Waals surface area contributed by atoms with Crippen LogP contribution in [0.1, 0.15) is 5.56 Å². The Morgan fingerprint density at radius 1 is 1.05 bits per heavy atom. The number of anilines is 3. The maximum absolute atomic E-state index is 6.29. The van der Waals surface area contributed by atoms with Gasteiger partial charge in [-0.3, -0.25) is 0 Å². The standard InChI is InChI=1S/C25H18Cl2N8O2/c1-35-24-20(23(28)30-12-31-24)21(34-35)14-3-5-16(6-4-14)32-25-33-17-8-15(26)9-18(22(17)37-25)36-11-13-2-7-19(27)29-10-13/h2-10,12H,11H2,1H3,(H,32,33)(H2,28,30,31). The van der Waals surface area contributed by atoms with Gasteiger partial charge in [-0.05, 0) is 24.3 Å². The Morgan fingerprint density at radius 2 is 1.89 bits per heavy atom. The summed E-state index contributed by atoms with van der Waals surface area (Å²) in [7, 11) is 1.82. The molecular formula is C25H18Cl2N8O2. The van der Waals surface area contributed by atoms with Crippen LogP contribution in [0.5, 0.6) is 5.75 Å². The number of oxazole rings is 1. The second kappa shape index (κ2) is 9.23. The fourth-order valence-corrected chi connectivity index (χ4v) is 4.24. The van der Waals surface area contributed by atoms with Gasteiger partial charge in [0.05, 0.1) is 5.39 Å². The normalized spacial score (nSPS) is 11.3. The number of benzene rings is 2. The van der Waals surface area contributed by atoms with Gasteiger partial charge in [-0.15, -0.1) is 0 Å². The van der Waals surface area contributed by atoms with Crippen LogP contribution in [0, 0.1) is 0 Å². The molecule has 0 spiro atoms. The molecule has 37 heavy (non-hydrogen) atoms. The number of fused-ring (bicyclic) bond motifs is 2. The number of nitrogens with two attached hydrogens (primary N) is 1. The second-order valence-electron chi connectivity index (χ2n) is 8.18. The van der Waals surface area contributed by atoms with E-state index in [1.54, 1.807) is 29.1 Å². The van der Waals surface area contributed by atoms with Crippen LogP contribution < -0.4 is 15.8 Å². The van der Waals surface area contributed by atoms with Crippen LogP contribution in [0.15, 0.2) is 65.5 Å². The van der Waals surface area contributed by atoms with Gasteiger partial charge >= 0.3 is 0 Å². The first-order valence-electron chi connectivity index (χ1n) is 11.1. The number of aromatic nitrogens is 6. The summed E-state index contributed by atoms with van der Waals surface area (Å²) in [5, 5.41) is 9.35. The zero-order chi connectivity index (χ0) is 25.5. The molecule has 4 aromatic heterocycles. The highest BCUT2D eigenvalue weighted by Gasteiger charge is 2.16. The van der Waals surface area contributed by atoms with Crippen LogP contribution in [-0.2, 0) is 13.7 Å². The maximum Gasteiger partial charge on any atom is 0.300 e. The Hall–Kier alpha value is -4.41. The number of hydrogen-bond donors (Lipinski definition) is 2. The fourth-order valence-electron chi connectivity index (χ4n) is 3.93. The number of nitrogen functional groups attached to an aromatic ring is 1. The first-order chi connectivity index (χ1) is 17.9. The average molecular weight is 533 g/mol. The minimum atomic E-state index is 0.266. The van der Waals surface area contributed by atoms with Gasteiger partial charge in [-0.2, -0.15) is 10.1 Å². The smallest absolute Gasteiger partial charge is 0.300 e. The van der Waals surface area contributed by atoms with Crippen molar-refractivity contribution < 1.29 is 9.15 Å². The van der Waals surface area contributed by atoms with Gasteiger partial charge < -0.3 is 20.2 Å². The highest BCUT2D eigenvalue weighted by Crippen LogP contribution is 2.34. The molecule has 3 N–H and O–H groups in total. The van der Waals surface area contributed by atoms with E-state index in [0.717, 1.165) is 16.8 Å². The minimum Gasteiger partial charge on any atom is -0.485 e. The highest BCUT2D eigenvalue weighted by atomic mass is 35.5. The lowest BCUT2D eigenvalue weighted by molar-refractivity contribution is 0.305. The third-order valence-electron chi connectivity index (χ3n) is 5.66. The lowest BCUT2D eigenvalue weighted by Gasteiger charge is -2.07. The summed E-state index contributed by atoms with van der Waals surface area (Å²) < 4.78 is 13.6. The molecule has 184 valence electrons. The molecule has 4 heterocycles. The van der Waals surface area contributed by atoms with E-state index in [2.05, 4.69) is 30.4 Å². The van der Waals surface area contributed by atoms with Crippen LogP contribution in [0.4, 0.5) is 17.5 Å². The van der Waals surface area contributed by atoms with Gasteiger partial charge in [-0.1, -0.05) is 41.4 Å². The molecule has 2 aromatic carbocycles. The molecule has 0 aliphatic heterocycles. The summed E-state index contributed by atoms with van der Waals surface area (Å²) in [5.41, 5.74) is 11.0. The van der Waals surface area contributed by atoms with Crippen molar-refractivity contribution in [3.63, 3.8) is 0 Å². The van der Waals surface area contributed by atoms with Crippen LogP contribution in [0.3, 0.4) is 0 Å². The molecule has 0 aliphatic rings. The van der Waals surface area contributed by atoms with E-state index in [0.29, 0.717) is 55.6 Å². The Morgan fingerprint density at radius 3 is 2.68 bits per heavy atom. The molecule has 0 saturated carbocycles. The van der Waals surface area contributed by atoms with Gasteiger partial charge in [0.25, 0.3) is 6.01 Å². The molecule has 0 atom stereocenters. The summed E-state index contributed by atoms with van der Waals surface area (Å²) in [6, 6.07) is 14.9. The summed E-state index contributed by atoms with van der Waals surface area (Å²) in [6.45, 7) is 0.266. The minimum absolute atomic E-state index is 0.266. The molecule has 0 saturated heterocycles. The monoisotopic (exact) mass is 532 g/mol. The Balaban J connectivity index is 1.25. The quantitative estimate of drug-likeness (QED) is 0.256. The predicted octanol–water partition coefficient (Wildman–Crippen LogP) is 5.78. The van der Waals surface area contributed by atoms with Crippen LogP contribution in [0.25, 0.3) is 33.4 Å². The molecule has 10 nitrogen and oxygen atoms in total. The molecule has 0 bridgehead atoms. The van der Waals surface area contributed by atoms with Gasteiger partial charge in [0.2, 0.25) is 0 Å². The van der Waals surface area contributed by atoms with Crippen molar-refractivity contribution in [1.29, 1.82) is 0 Å². The third kappa shape index (κ3) is 4.48. The number of rotatable bonds is 6. The van der Waals surface area contributed by atoms with Gasteiger partial charge in [-0.25, -0.2) is 19.6 Å². The molecule has 0 amide bonds. The van der Waals surface area contributed by atoms with Crippen molar-refractivity contribution in [2.24, 2.45) is 7.05 Å². The summed E-state index contributed by atoms with van der Waals surface area (Å²) in [6.07, 6.45) is 3.07. The molecule has 0 radical (unpaired) electrons. The first-order valence-corrected chi connectivity index (χ1v) is 11.8. The van der Waals surface area contributed by atoms with Crippen molar-refractivity contribution in [2.75, 3.05) is 11.1 Å². The van der Waals surface area contributed by atoms with E-state index in [-0.39, 0.29) is 6.61 Å². The zero-order valence-electron chi connectivity index (χ0n) is 19.3. The van der Waals surface area contributed by atoms with Crippen molar-refractivity contribution in [3.8, 4) is 17.0 Å². The van der Waals surface area contributed by atoms with E-state index >= 15 is 0 Å². The van der Waals surface area contributed by atoms with Gasteiger partial charge in [0, 0.05) is 41.1 Å². The summed E-state index contributed by atoms with van der Waals surface area (Å²) in [4.78, 5) is 17.0. The number of pyridine rings is 1. The molecular weight excluding hydrogens is 515 g/mol. The predicted molar refractivity (Wildman–Crippen MR) is 142 cm³/mol. The number of nitrogens with zero attached hydrogens (tertiary/aromatic N) is 6. The van der Waals surface area contributed by atoms with Crippen molar-refractivity contribution >= 4 is 62.9 Å². The first kappa shape index (κ1) is 23.0. The van der Waals surface area contributed by atoms with Crippen LogP contribution in [0.2, 0.25) is 10.2 Å². The fraction of sp³-hybridized carbons (Fsp3) is 0.0800. The van der Waals surface area contributed by atoms with E-state index < -0.39 is 0 Å². The highest BCUT2D eigenvalue weighted by molar-refractivity contribution is 6.31. The Labute approximate surface area is 220 Å². The Kier molecular flexibility index (Phi) is 5.74. The van der Waals surface area contributed by atoms with E-state index in [1.165, 1.54) is 6.33 Å². The number of nitrogens with one attached hydrogen (secondary N) is 1. The Bertz CT molecular complexity index is 1750. The topological polar surface area (TPSA) is 130 Å². The third-order valence-corrected chi connectivity index (χ3v) is 6.11. The van der Waals surface area contributed by atoms with Gasteiger partial charge in [0.15, 0.2) is 17.0 Å². The molecule has 6 aromatic rings. The largest absolute Gasteiger partial charge is 0.485 e.